The predicted molar refractivity (Wildman–Crippen MR) is 102 cm³/mol. The van der Waals surface area contributed by atoms with Crippen molar-refractivity contribution in [2.24, 2.45) is 0 Å². The van der Waals surface area contributed by atoms with Gasteiger partial charge in [-0.3, -0.25) is 9.20 Å². The van der Waals surface area contributed by atoms with Crippen molar-refractivity contribution in [2.75, 3.05) is 7.11 Å². The van der Waals surface area contributed by atoms with E-state index in [2.05, 4.69) is 4.98 Å². The van der Waals surface area contributed by atoms with E-state index in [0.29, 0.717) is 22.8 Å². The molecular weight excluding hydrogens is 364 g/mol. The lowest BCUT2D eigenvalue weighted by molar-refractivity contribution is 0.0467. The van der Waals surface area contributed by atoms with Crippen LogP contribution in [0.25, 0.3) is 4.96 Å². The first kappa shape index (κ1) is 17.9. The minimum Gasteiger partial charge on any atom is -0.456 e. The molecule has 7 heteroatoms. The van der Waals surface area contributed by atoms with Crippen molar-refractivity contribution in [3.8, 4) is 0 Å². The second-order valence-electron chi connectivity index (χ2n) is 6.59. The van der Waals surface area contributed by atoms with Crippen LogP contribution in [0.1, 0.15) is 45.0 Å². The maximum absolute atomic E-state index is 12.5. The van der Waals surface area contributed by atoms with Gasteiger partial charge in [0.1, 0.15) is 6.61 Å². The highest BCUT2D eigenvalue weighted by Gasteiger charge is 2.19. The number of methoxy groups -OCH3 is 1. The van der Waals surface area contributed by atoms with Crippen molar-refractivity contribution in [2.45, 2.75) is 38.9 Å². The summed E-state index contributed by atoms with van der Waals surface area (Å²) in [6.45, 7) is 0.404. The van der Waals surface area contributed by atoms with E-state index in [1.807, 2.05) is 6.07 Å². The van der Waals surface area contributed by atoms with E-state index >= 15 is 0 Å². The SMILES string of the molecule is COCc1cccc(C(=O)OCc2cc(=O)n3c4c(sc3n2)CCCC4)c1. The normalized spacial score (nSPS) is 13.5. The molecule has 0 bridgehead atoms. The van der Waals surface area contributed by atoms with Gasteiger partial charge in [0, 0.05) is 23.7 Å². The molecule has 0 saturated carbocycles. The molecule has 0 aliphatic heterocycles. The van der Waals surface area contributed by atoms with Gasteiger partial charge in [-0.15, -0.1) is 11.3 Å². The quantitative estimate of drug-likeness (QED) is 0.632. The lowest BCUT2D eigenvalue weighted by Gasteiger charge is -2.10. The molecule has 0 N–H and O–H groups in total. The Morgan fingerprint density at radius 2 is 2.07 bits per heavy atom. The molecule has 1 aliphatic rings. The van der Waals surface area contributed by atoms with Crippen LogP contribution in [-0.2, 0) is 35.5 Å². The molecule has 0 saturated heterocycles. The number of nitrogens with zero attached hydrogens (tertiary/aromatic N) is 2. The number of rotatable bonds is 5. The van der Waals surface area contributed by atoms with Crippen LogP contribution in [0.3, 0.4) is 0 Å². The largest absolute Gasteiger partial charge is 0.456 e. The monoisotopic (exact) mass is 384 g/mol. The van der Waals surface area contributed by atoms with E-state index in [0.717, 1.165) is 36.9 Å². The summed E-state index contributed by atoms with van der Waals surface area (Å²) < 4.78 is 12.2. The molecule has 140 valence electrons. The molecule has 6 nitrogen and oxygen atoms in total. The average molecular weight is 384 g/mol. The third-order valence-corrected chi connectivity index (χ3v) is 5.78. The number of hydrogen-bond donors (Lipinski definition) is 0. The zero-order valence-electron chi connectivity index (χ0n) is 15.1. The lowest BCUT2D eigenvalue weighted by Crippen LogP contribution is -2.18. The molecule has 0 amide bonds. The second kappa shape index (κ2) is 7.62. The number of esters is 1. The average Bonchev–Trinajstić information content (AvgIpc) is 3.05. The smallest absolute Gasteiger partial charge is 0.338 e. The summed E-state index contributed by atoms with van der Waals surface area (Å²) in [5, 5.41) is 0. The molecule has 2 heterocycles. The standard InChI is InChI=1S/C20H20N2O4S/c1-25-11-13-5-4-6-14(9-13)19(24)26-12-15-10-18(23)22-16-7-2-3-8-17(16)27-20(22)21-15/h4-6,9-10H,2-3,7-8,11-12H2,1H3. The first-order valence-electron chi connectivity index (χ1n) is 8.94. The maximum atomic E-state index is 12.5. The van der Waals surface area contributed by atoms with Gasteiger partial charge in [-0.05, 0) is 43.4 Å². The molecule has 0 fully saturated rings. The fraction of sp³-hybridized carbons (Fsp3) is 0.350. The number of fused-ring (bicyclic) bond motifs is 3. The molecule has 1 aliphatic carbocycles. The minimum atomic E-state index is -0.444. The van der Waals surface area contributed by atoms with Crippen LogP contribution >= 0.6 is 11.3 Å². The Morgan fingerprint density at radius 1 is 1.22 bits per heavy atom. The first-order valence-corrected chi connectivity index (χ1v) is 9.75. The maximum Gasteiger partial charge on any atom is 0.338 e. The zero-order chi connectivity index (χ0) is 18.8. The van der Waals surface area contributed by atoms with Crippen LogP contribution in [-0.4, -0.2) is 22.5 Å². The Bertz CT molecular complexity index is 1050. The van der Waals surface area contributed by atoms with Crippen LogP contribution in [0.5, 0.6) is 0 Å². The van der Waals surface area contributed by atoms with Gasteiger partial charge in [-0.25, -0.2) is 9.78 Å². The van der Waals surface area contributed by atoms with Crippen LogP contribution in [0.2, 0.25) is 0 Å². The topological polar surface area (TPSA) is 69.9 Å². The molecule has 27 heavy (non-hydrogen) atoms. The van der Waals surface area contributed by atoms with Crippen LogP contribution in [0, 0.1) is 0 Å². The van der Waals surface area contributed by atoms with Gasteiger partial charge in [0.15, 0.2) is 4.96 Å². The Balaban J connectivity index is 1.53. The molecule has 3 aromatic rings. The van der Waals surface area contributed by atoms with Gasteiger partial charge in [-0.1, -0.05) is 12.1 Å². The van der Waals surface area contributed by atoms with Gasteiger partial charge in [0.2, 0.25) is 0 Å². The predicted octanol–water partition coefficient (Wildman–Crippen LogP) is 3.14. The fourth-order valence-corrected chi connectivity index (χ4v) is 4.63. The lowest BCUT2D eigenvalue weighted by atomic mass is 10.0. The Labute approximate surface area is 160 Å². The summed E-state index contributed by atoms with van der Waals surface area (Å²) in [7, 11) is 1.60. The van der Waals surface area contributed by atoms with E-state index < -0.39 is 5.97 Å². The fourth-order valence-electron chi connectivity index (χ4n) is 3.39. The highest BCUT2D eigenvalue weighted by Crippen LogP contribution is 2.28. The number of hydrogen-bond acceptors (Lipinski definition) is 6. The number of ether oxygens (including phenoxy) is 2. The highest BCUT2D eigenvalue weighted by atomic mass is 32.1. The highest BCUT2D eigenvalue weighted by molar-refractivity contribution is 7.17. The molecular formula is C20H20N2O4S. The van der Waals surface area contributed by atoms with Gasteiger partial charge >= 0.3 is 5.97 Å². The molecule has 2 aromatic heterocycles. The minimum absolute atomic E-state index is 0.0261. The van der Waals surface area contributed by atoms with E-state index in [-0.39, 0.29) is 12.2 Å². The third-order valence-electron chi connectivity index (χ3n) is 4.64. The number of thiazole rings is 1. The van der Waals surface area contributed by atoms with Crippen molar-refractivity contribution < 1.29 is 14.3 Å². The molecule has 0 radical (unpaired) electrons. The summed E-state index contributed by atoms with van der Waals surface area (Å²) in [5.74, 6) is -0.444. The number of benzene rings is 1. The first-order chi connectivity index (χ1) is 13.2. The van der Waals surface area contributed by atoms with Crippen molar-refractivity contribution in [3.05, 3.63) is 68.1 Å². The zero-order valence-corrected chi connectivity index (χ0v) is 15.9. The molecule has 0 atom stereocenters. The van der Waals surface area contributed by atoms with Crippen molar-refractivity contribution in [1.82, 2.24) is 9.38 Å². The van der Waals surface area contributed by atoms with Crippen molar-refractivity contribution in [1.29, 1.82) is 0 Å². The number of carbonyl (C=O) groups is 1. The van der Waals surface area contributed by atoms with Crippen molar-refractivity contribution >= 4 is 22.3 Å². The molecule has 0 unspecified atom stereocenters. The summed E-state index contributed by atoms with van der Waals surface area (Å²) in [5.41, 5.74) is 2.81. The number of aromatic nitrogens is 2. The third kappa shape index (κ3) is 3.65. The summed E-state index contributed by atoms with van der Waals surface area (Å²) in [4.78, 5) is 31.3. The summed E-state index contributed by atoms with van der Waals surface area (Å²) in [6.07, 6.45) is 4.18. The van der Waals surface area contributed by atoms with E-state index in [1.165, 1.54) is 10.9 Å². The summed E-state index contributed by atoms with van der Waals surface area (Å²) in [6, 6.07) is 8.57. The van der Waals surface area contributed by atoms with E-state index in [9.17, 15) is 9.59 Å². The van der Waals surface area contributed by atoms with Crippen molar-refractivity contribution in [3.63, 3.8) is 0 Å². The molecule has 1 aromatic carbocycles. The molecule has 4 rings (SSSR count). The van der Waals surface area contributed by atoms with Crippen LogP contribution < -0.4 is 5.56 Å². The number of aryl methyl sites for hydroxylation is 2. The Hall–Kier alpha value is -2.51. The van der Waals surface area contributed by atoms with Crippen LogP contribution in [0.15, 0.2) is 35.1 Å². The van der Waals surface area contributed by atoms with Gasteiger partial charge < -0.3 is 9.47 Å². The molecule has 0 spiro atoms. The van der Waals surface area contributed by atoms with E-state index in [4.69, 9.17) is 9.47 Å². The van der Waals surface area contributed by atoms with Crippen LogP contribution in [0.4, 0.5) is 0 Å². The summed E-state index contributed by atoms with van der Waals surface area (Å²) >= 11 is 1.56. The van der Waals surface area contributed by atoms with Gasteiger partial charge in [0.05, 0.1) is 17.9 Å². The van der Waals surface area contributed by atoms with Gasteiger partial charge in [0.25, 0.3) is 5.56 Å². The number of carbonyl (C=O) groups excluding carboxylic acids is 1. The Kier molecular flexibility index (Phi) is 5.05. The van der Waals surface area contributed by atoms with Gasteiger partial charge in [-0.2, -0.15) is 0 Å². The second-order valence-corrected chi connectivity index (χ2v) is 7.65. The van der Waals surface area contributed by atoms with E-state index in [1.54, 1.807) is 41.0 Å². The Morgan fingerprint density at radius 3 is 2.93 bits per heavy atom.